The van der Waals surface area contributed by atoms with Gasteiger partial charge in [0, 0.05) is 15.8 Å². The summed E-state index contributed by atoms with van der Waals surface area (Å²) in [4.78, 5) is 14.0. The Hall–Kier alpha value is -1.60. The lowest BCUT2D eigenvalue weighted by molar-refractivity contribution is -0.117. The summed E-state index contributed by atoms with van der Waals surface area (Å²) in [6.45, 7) is 3.69. The number of carbonyl (C=O) groups excluding carboxylic acids is 1. The molecule has 0 spiro atoms. The molecule has 0 bridgehead atoms. The van der Waals surface area contributed by atoms with Crippen LogP contribution >= 0.6 is 22.6 Å². The zero-order valence-corrected chi connectivity index (χ0v) is 15.5. The third kappa shape index (κ3) is 6.19. The molecule has 1 amide bonds. The number of benzene rings is 2. The summed E-state index contributed by atoms with van der Waals surface area (Å²) < 4.78 is 6.57. The maximum atomic E-state index is 12.1. The third-order valence-electron chi connectivity index (χ3n) is 3.23. The van der Waals surface area contributed by atoms with Crippen molar-refractivity contribution >= 4 is 34.2 Å². The summed E-state index contributed by atoms with van der Waals surface area (Å²) in [6.07, 6.45) is 0. The Kier molecular flexibility index (Phi) is 6.85. The normalized spacial score (nSPS) is 10.6. The highest BCUT2D eigenvalue weighted by molar-refractivity contribution is 14.1. The number of hydrogen-bond donors (Lipinski definition) is 1. The molecular weight excluding hydrogens is 403 g/mol. The number of anilines is 1. The minimum atomic E-state index is -0.0142. The molecule has 0 aliphatic carbocycles. The van der Waals surface area contributed by atoms with Crippen molar-refractivity contribution in [3.63, 3.8) is 0 Å². The van der Waals surface area contributed by atoms with Crippen molar-refractivity contribution < 1.29 is 9.53 Å². The van der Waals surface area contributed by atoms with E-state index in [0.29, 0.717) is 19.7 Å². The minimum Gasteiger partial charge on any atom is -0.494 e. The SMILES string of the molecule is CCOc1ccc(CN(C)CC(=O)Nc2ccc(I)cc2)cc1. The fourth-order valence-electron chi connectivity index (χ4n) is 2.20. The fraction of sp³-hybridized carbons (Fsp3) is 0.278. The fourth-order valence-corrected chi connectivity index (χ4v) is 2.56. The molecule has 2 rings (SSSR count). The molecular formula is C18H21IN2O2. The lowest BCUT2D eigenvalue weighted by atomic mass is 10.2. The van der Waals surface area contributed by atoms with Crippen LogP contribution in [0.25, 0.3) is 0 Å². The number of halogens is 1. The van der Waals surface area contributed by atoms with Gasteiger partial charge in [0.05, 0.1) is 13.2 Å². The summed E-state index contributed by atoms with van der Waals surface area (Å²) in [7, 11) is 1.93. The number of hydrogen-bond acceptors (Lipinski definition) is 3. The second kappa shape index (κ2) is 8.88. The second-order valence-corrected chi connectivity index (χ2v) is 6.55. The standard InChI is InChI=1S/C18H21IN2O2/c1-3-23-17-10-4-14(5-11-17)12-21(2)13-18(22)20-16-8-6-15(19)7-9-16/h4-11H,3,12-13H2,1-2H3,(H,20,22). The van der Waals surface area contributed by atoms with Crippen LogP contribution in [0, 0.1) is 3.57 Å². The lowest BCUT2D eigenvalue weighted by Gasteiger charge is -2.16. The number of carbonyl (C=O) groups is 1. The van der Waals surface area contributed by atoms with Gasteiger partial charge in [0.15, 0.2) is 0 Å². The monoisotopic (exact) mass is 424 g/mol. The van der Waals surface area contributed by atoms with Gasteiger partial charge in [-0.1, -0.05) is 12.1 Å². The number of likely N-dealkylation sites (N-methyl/N-ethyl adjacent to an activating group) is 1. The quantitative estimate of drug-likeness (QED) is 0.689. The van der Waals surface area contributed by atoms with Gasteiger partial charge in [-0.05, 0) is 78.5 Å². The number of ether oxygens (including phenoxy) is 1. The van der Waals surface area contributed by atoms with Crippen molar-refractivity contribution in [1.82, 2.24) is 4.90 Å². The minimum absolute atomic E-state index is 0.0142. The number of rotatable bonds is 7. The molecule has 1 N–H and O–H groups in total. The summed E-state index contributed by atoms with van der Waals surface area (Å²) in [5.74, 6) is 0.856. The van der Waals surface area contributed by atoms with E-state index >= 15 is 0 Å². The first-order valence-corrected chi connectivity index (χ1v) is 8.60. The molecule has 0 unspecified atom stereocenters. The smallest absolute Gasteiger partial charge is 0.238 e. The van der Waals surface area contributed by atoms with Gasteiger partial charge in [0.2, 0.25) is 5.91 Å². The van der Waals surface area contributed by atoms with Gasteiger partial charge in [-0.3, -0.25) is 9.69 Å². The molecule has 0 saturated heterocycles. The summed E-state index contributed by atoms with van der Waals surface area (Å²) >= 11 is 2.24. The van der Waals surface area contributed by atoms with E-state index in [1.165, 1.54) is 0 Å². The Bertz CT molecular complexity index is 626. The van der Waals surface area contributed by atoms with Crippen LogP contribution in [0.1, 0.15) is 12.5 Å². The van der Waals surface area contributed by atoms with E-state index in [1.807, 2.05) is 67.4 Å². The van der Waals surface area contributed by atoms with Crippen molar-refractivity contribution in [3.05, 3.63) is 57.7 Å². The molecule has 0 atom stereocenters. The lowest BCUT2D eigenvalue weighted by Crippen LogP contribution is -2.29. The predicted octanol–water partition coefficient (Wildman–Crippen LogP) is 3.76. The van der Waals surface area contributed by atoms with E-state index < -0.39 is 0 Å². The Morgan fingerprint density at radius 1 is 1.13 bits per heavy atom. The van der Waals surface area contributed by atoms with Crippen molar-refractivity contribution in [2.45, 2.75) is 13.5 Å². The molecule has 0 saturated carbocycles. The van der Waals surface area contributed by atoms with E-state index in [2.05, 4.69) is 27.9 Å². The molecule has 0 aromatic heterocycles. The third-order valence-corrected chi connectivity index (χ3v) is 3.95. The molecule has 0 heterocycles. The zero-order chi connectivity index (χ0) is 16.7. The summed E-state index contributed by atoms with van der Waals surface area (Å²) in [5, 5.41) is 2.91. The van der Waals surface area contributed by atoms with Crippen molar-refractivity contribution in [1.29, 1.82) is 0 Å². The summed E-state index contributed by atoms with van der Waals surface area (Å²) in [5.41, 5.74) is 1.97. The van der Waals surface area contributed by atoms with E-state index in [0.717, 1.165) is 20.6 Å². The maximum absolute atomic E-state index is 12.1. The molecule has 0 aliphatic rings. The first kappa shape index (κ1) is 17.7. The van der Waals surface area contributed by atoms with Crippen molar-refractivity contribution in [2.24, 2.45) is 0 Å². The topological polar surface area (TPSA) is 41.6 Å². The molecule has 23 heavy (non-hydrogen) atoms. The molecule has 4 nitrogen and oxygen atoms in total. The molecule has 2 aromatic carbocycles. The molecule has 0 fully saturated rings. The van der Waals surface area contributed by atoms with Crippen LogP contribution < -0.4 is 10.1 Å². The average Bonchev–Trinajstić information content (AvgIpc) is 2.51. The zero-order valence-electron chi connectivity index (χ0n) is 13.4. The van der Waals surface area contributed by atoms with Gasteiger partial charge in [-0.15, -0.1) is 0 Å². The highest BCUT2D eigenvalue weighted by Crippen LogP contribution is 2.14. The van der Waals surface area contributed by atoms with E-state index in [4.69, 9.17) is 4.74 Å². The van der Waals surface area contributed by atoms with Crippen LogP contribution in [0.5, 0.6) is 5.75 Å². The van der Waals surface area contributed by atoms with Crippen LogP contribution in [0.3, 0.4) is 0 Å². The van der Waals surface area contributed by atoms with Gasteiger partial charge >= 0.3 is 0 Å². The first-order chi connectivity index (χ1) is 11.1. The molecule has 0 radical (unpaired) electrons. The van der Waals surface area contributed by atoms with Crippen LogP contribution in [0.4, 0.5) is 5.69 Å². The van der Waals surface area contributed by atoms with Gasteiger partial charge in [-0.2, -0.15) is 0 Å². The number of nitrogens with one attached hydrogen (secondary N) is 1. The Morgan fingerprint density at radius 2 is 1.78 bits per heavy atom. The predicted molar refractivity (Wildman–Crippen MR) is 102 cm³/mol. The average molecular weight is 424 g/mol. The van der Waals surface area contributed by atoms with Crippen LogP contribution in [-0.4, -0.2) is 31.0 Å². The van der Waals surface area contributed by atoms with Crippen molar-refractivity contribution in [2.75, 3.05) is 25.5 Å². The van der Waals surface area contributed by atoms with Gasteiger partial charge in [0.25, 0.3) is 0 Å². The number of amides is 1. The van der Waals surface area contributed by atoms with E-state index in [1.54, 1.807) is 0 Å². The summed E-state index contributed by atoms with van der Waals surface area (Å²) in [6, 6.07) is 15.7. The van der Waals surface area contributed by atoms with Crippen molar-refractivity contribution in [3.8, 4) is 5.75 Å². The van der Waals surface area contributed by atoms with E-state index in [9.17, 15) is 4.79 Å². The van der Waals surface area contributed by atoms with Crippen LogP contribution in [0.15, 0.2) is 48.5 Å². The second-order valence-electron chi connectivity index (χ2n) is 5.30. The molecule has 0 aliphatic heterocycles. The van der Waals surface area contributed by atoms with Gasteiger partial charge in [-0.25, -0.2) is 0 Å². The Labute approximate surface area is 151 Å². The highest BCUT2D eigenvalue weighted by Gasteiger charge is 2.08. The highest BCUT2D eigenvalue weighted by atomic mass is 127. The maximum Gasteiger partial charge on any atom is 0.238 e. The Balaban J connectivity index is 1.82. The molecule has 2 aromatic rings. The molecule has 5 heteroatoms. The van der Waals surface area contributed by atoms with Crippen LogP contribution in [-0.2, 0) is 11.3 Å². The molecule has 122 valence electrons. The van der Waals surface area contributed by atoms with Gasteiger partial charge < -0.3 is 10.1 Å². The first-order valence-electron chi connectivity index (χ1n) is 7.52. The van der Waals surface area contributed by atoms with E-state index in [-0.39, 0.29) is 5.91 Å². The number of nitrogens with zero attached hydrogens (tertiary/aromatic N) is 1. The van der Waals surface area contributed by atoms with Crippen LogP contribution in [0.2, 0.25) is 0 Å². The largest absolute Gasteiger partial charge is 0.494 e. The Morgan fingerprint density at radius 3 is 2.39 bits per heavy atom. The van der Waals surface area contributed by atoms with Gasteiger partial charge in [0.1, 0.15) is 5.75 Å².